The number of aromatic nitrogens is 3. The third kappa shape index (κ3) is 3.31. The number of imidazole rings is 1. The number of nitrogens with one attached hydrogen (secondary N) is 2. The molecule has 0 radical (unpaired) electrons. The molecule has 2 heterocycles. The van der Waals surface area contributed by atoms with Gasteiger partial charge in [0.1, 0.15) is 0 Å². The van der Waals surface area contributed by atoms with Crippen molar-refractivity contribution in [3.05, 3.63) is 48.9 Å². The minimum Gasteiger partial charge on any atom is -0.338 e. The summed E-state index contributed by atoms with van der Waals surface area (Å²) >= 11 is 0. The summed E-state index contributed by atoms with van der Waals surface area (Å²) in [5, 5.41) is 5.57. The molecule has 0 saturated carbocycles. The largest absolute Gasteiger partial charge is 0.338 e. The van der Waals surface area contributed by atoms with E-state index < -0.39 is 0 Å². The van der Waals surface area contributed by atoms with E-state index >= 15 is 0 Å². The summed E-state index contributed by atoms with van der Waals surface area (Å²) in [6, 6.07) is 9.72. The molecule has 0 bridgehead atoms. The maximum Gasteiger partial charge on any atom is 0.320 e. The van der Waals surface area contributed by atoms with Gasteiger partial charge in [-0.15, -0.1) is 0 Å². The van der Waals surface area contributed by atoms with Gasteiger partial charge in [-0.1, -0.05) is 43.7 Å². The number of hydrogen-bond acceptors (Lipinski definition) is 3. The van der Waals surface area contributed by atoms with Gasteiger partial charge in [0.15, 0.2) is 11.5 Å². The number of amides is 2. The summed E-state index contributed by atoms with van der Waals surface area (Å²) in [6.07, 6.45) is 7.27. The van der Waals surface area contributed by atoms with Gasteiger partial charge in [0.25, 0.3) is 0 Å². The van der Waals surface area contributed by atoms with Crippen molar-refractivity contribution in [2.45, 2.75) is 19.8 Å². The number of unbranched alkanes of at least 4 members (excludes halogenated alkanes) is 1. The molecular formula is C17H19N5O. The molecule has 0 aliphatic rings. The molecule has 6 nitrogen and oxygen atoms in total. The molecule has 1 aromatic carbocycles. The quantitative estimate of drug-likeness (QED) is 0.710. The number of rotatable bonds is 5. The fourth-order valence-corrected chi connectivity index (χ4v) is 2.36. The lowest BCUT2D eigenvalue weighted by Crippen LogP contribution is -2.30. The van der Waals surface area contributed by atoms with Crippen molar-refractivity contribution in [2.24, 2.45) is 0 Å². The Morgan fingerprint density at radius 1 is 1.22 bits per heavy atom. The van der Waals surface area contributed by atoms with Gasteiger partial charge in [-0.2, -0.15) is 0 Å². The van der Waals surface area contributed by atoms with Crippen LogP contribution in [0.2, 0.25) is 0 Å². The number of anilines is 1. The highest BCUT2D eigenvalue weighted by Gasteiger charge is 2.11. The molecule has 118 valence electrons. The minimum atomic E-state index is -0.261. The van der Waals surface area contributed by atoms with Gasteiger partial charge in [-0.05, 0) is 6.42 Å². The van der Waals surface area contributed by atoms with Crippen LogP contribution in [0.3, 0.4) is 0 Å². The Balaban J connectivity index is 1.86. The van der Waals surface area contributed by atoms with Crippen LogP contribution >= 0.6 is 0 Å². The number of nitrogens with zero attached hydrogens (tertiary/aromatic N) is 3. The fourth-order valence-electron chi connectivity index (χ4n) is 2.36. The Labute approximate surface area is 134 Å². The second kappa shape index (κ2) is 6.91. The first-order chi connectivity index (χ1) is 11.3. The zero-order chi connectivity index (χ0) is 16.1. The summed E-state index contributed by atoms with van der Waals surface area (Å²) in [4.78, 5) is 20.5. The van der Waals surface area contributed by atoms with Gasteiger partial charge in [0.05, 0.1) is 11.9 Å². The second-order valence-corrected chi connectivity index (χ2v) is 5.21. The molecule has 0 saturated heterocycles. The SMILES string of the molecule is CCCCNC(=O)Nc1nccn2c(-c3ccccc3)cnc12. The molecule has 23 heavy (non-hydrogen) atoms. The lowest BCUT2D eigenvalue weighted by Gasteiger charge is -2.08. The average molecular weight is 309 g/mol. The molecule has 2 amide bonds. The highest BCUT2D eigenvalue weighted by Crippen LogP contribution is 2.22. The monoisotopic (exact) mass is 309 g/mol. The first-order valence-electron chi connectivity index (χ1n) is 7.72. The Hall–Kier alpha value is -2.89. The lowest BCUT2D eigenvalue weighted by atomic mass is 10.2. The molecule has 0 atom stereocenters. The second-order valence-electron chi connectivity index (χ2n) is 5.21. The summed E-state index contributed by atoms with van der Waals surface area (Å²) < 4.78 is 1.92. The zero-order valence-electron chi connectivity index (χ0n) is 13.0. The van der Waals surface area contributed by atoms with Crippen molar-refractivity contribution in [1.29, 1.82) is 0 Å². The van der Waals surface area contributed by atoms with Crippen LogP contribution in [0.5, 0.6) is 0 Å². The third-order valence-corrected chi connectivity index (χ3v) is 3.55. The molecule has 3 aromatic rings. The first kappa shape index (κ1) is 15.0. The average Bonchev–Trinajstić information content (AvgIpc) is 3.01. The number of benzene rings is 1. The van der Waals surface area contributed by atoms with Crippen LogP contribution in [0.25, 0.3) is 16.9 Å². The summed E-state index contributed by atoms with van der Waals surface area (Å²) in [5.41, 5.74) is 2.64. The van der Waals surface area contributed by atoms with Crippen LogP contribution in [0.4, 0.5) is 10.6 Å². The van der Waals surface area contributed by atoms with Crippen LogP contribution < -0.4 is 10.6 Å². The van der Waals surface area contributed by atoms with Gasteiger partial charge < -0.3 is 5.32 Å². The number of carbonyl (C=O) groups excluding carboxylic acids is 1. The van der Waals surface area contributed by atoms with Gasteiger partial charge in [0.2, 0.25) is 0 Å². The predicted molar refractivity (Wildman–Crippen MR) is 90.4 cm³/mol. The molecule has 0 spiro atoms. The summed E-state index contributed by atoms with van der Waals surface area (Å²) in [7, 11) is 0. The zero-order valence-corrected chi connectivity index (χ0v) is 13.0. The van der Waals surface area contributed by atoms with E-state index in [0.717, 1.165) is 24.1 Å². The molecule has 0 unspecified atom stereocenters. The molecule has 3 rings (SSSR count). The van der Waals surface area contributed by atoms with E-state index in [2.05, 4.69) is 27.5 Å². The van der Waals surface area contributed by atoms with Crippen LogP contribution in [0.1, 0.15) is 19.8 Å². The molecule has 2 aromatic heterocycles. The van der Waals surface area contributed by atoms with E-state index in [0.29, 0.717) is 18.0 Å². The fraction of sp³-hybridized carbons (Fsp3) is 0.235. The van der Waals surface area contributed by atoms with E-state index in [-0.39, 0.29) is 6.03 Å². The predicted octanol–water partition coefficient (Wildman–Crippen LogP) is 3.32. The lowest BCUT2D eigenvalue weighted by molar-refractivity contribution is 0.252. The molecule has 0 fully saturated rings. The Morgan fingerprint density at radius 3 is 2.83 bits per heavy atom. The van der Waals surface area contributed by atoms with E-state index in [4.69, 9.17) is 0 Å². The van der Waals surface area contributed by atoms with Crippen LogP contribution in [-0.2, 0) is 0 Å². The molecule has 6 heteroatoms. The number of urea groups is 1. The van der Waals surface area contributed by atoms with Crippen LogP contribution in [0, 0.1) is 0 Å². The topological polar surface area (TPSA) is 71.3 Å². The van der Waals surface area contributed by atoms with Gasteiger partial charge in [-0.3, -0.25) is 9.72 Å². The van der Waals surface area contributed by atoms with Crippen LogP contribution in [0.15, 0.2) is 48.9 Å². The number of fused-ring (bicyclic) bond motifs is 1. The van der Waals surface area contributed by atoms with E-state index in [1.807, 2.05) is 40.9 Å². The van der Waals surface area contributed by atoms with Crippen molar-refractivity contribution in [3.63, 3.8) is 0 Å². The van der Waals surface area contributed by atoms with Crippen molar-refractivity contribution < 1.29 is 4.79 Å². The maximum atomic E-state index is 11.9. The van der Waals surface area contributed by atoms with Gasteiger partial charge >= 0.3 is 6.03 Å². The Bertz CT molecular complexity index is 797. The molecular weight excluding hydrogens is 290 g/mol. The van der Waals surface area contributed by atoms with E-state index in [1.165, 1.54) is 0 Å². The highest BCUT2D eigenvalue weighted by atomic mass is 16.2. The van der Waals surface area contributed by atoms with Crippen molar-refractivity contribution in [1.82, 2.24) is 19.7 Å². The molecule has 0 aliphatic heterocycles. The molecule has 2 N–H and O–H groups in total. The van der Waals surface area contributed by atoms with Crippen molar-refractivity contribution in [2.75, 3.05) is 11.9 Å². The molecule has 0 aliphatic carbocycles. The van der Waals surface area contributed by atoms with Crippen molar-refractivity contribution in [3.8, 4) is 11.3 Å². The highest BCUT2D eigenvalue weighted by molar-refractivity contribution is 5.91. The summed E-state index contributed by atoms with van der Waals surface area (Å²) in [5.74, 6) is 0.448. The van der Waals surface area contributed by atoms with Crippen molar-refractivity contribution >= 4 is 17.5 Å². The Morgan fingerprint density at radius 2 is 2.04 bits per heavy atom. The van der Waals surface area contributed by atoms with Gasteiger partial charge in [0, 0.05) is 24.5 Å². The summed E-state index contributed by atoms with van der Waals surface area (Å²) in [6.45, 7) is 2.73. The number of carbonyl (C=O) groups is 1. The van der Waals surface area contributed by atoms with Crippen LogP contribution in [-0.4, -0.2) is 26.9 Å². The smallest absolute Gasteiger partial charge is 0.320 e. The van der Waals surface area contributed by atoms with E-state index in [1.54, 1.807) is 12.4 Å². The number of hydrogen-bond donors (Lipinski definition) is 2. The van der Waals surface area contributed by atoms with Gasteiger partial charge in [-0.25, -0.2) is 14.8 Å². The minimum absolute atomic E-state index is 0.261. The third-order valence-electron chi connectivity index (χ3n) is 3.55. The standard InChI is InChI=1S/C17H19N5O/c1-2-3-9-19-17(23)21-15-16-20-12-14(22(16)11-10-18-15)13-7-5-4-6-8-13/h4-8,10-12H,2-3,9H2,1H3,(H2,18,19,21,23). The normalized spacial score (nSPS) is 10.7. The Kier molecular flexibility index (Phi) is 4.52. The maximum absolute atomic E-state index is 11.9. The first-order valence-corrected chi connectivity index (χ1v) is 7.72. The van der Waals surface area contributed by atoms with E-state index in [9.17, 15) is 4.79 Å².